The smallest absolute Gasteiger partial charge is 0.265 e. The minimum Gasteiger partial charge on any atom is -0.486 e. The van der Waals surface area contributed by atoms with E-state index in [4.69, 9.17) is 9.47 Å². The monoisotopic (exact) mass is 381 g/mol. The number of hydrazine groups is 1. The van der Waals surface area contributed by atoms with Gasteiger partial charge < -0.3 is 9.47 Å². The van der Waals surface area contributed by atoms with Crippen LogP contribution in [0.2, 0.25) is 0 Å². The molecule has 0 spiro atoms. The van der Waals surface area contributed by atoms with Gasteiger partial charge in [-0.1, -0.05) is 18.2 Å². The third kappa shape index (κ3) is 3.29. The van der Waals surface area contributed by atoms with E-state index in [0.717, 1.165) is 10.5 Å². The number of hydrogen-bond acceptors (Lipinski definition) is 6. The first-order chi connectivity index (χ1) is 13.5. The van der Waals surface area contributed by atoms with Crippen molar-refractivity contribution in [1.82, 2.24) is 10.9 Å². The van der Waals surface area contributed by atoms with Crippen LogP contribution in [0, 0.1) is 6.92 Å². The van der Waals surface area contributed by atoms with Crippen LogP contribution in [-0.2, 0) is 9.59 Å². The Balaban J connectivity index is 1.45. The van der Waals surface area contributed by atoms with Crippen LogP contribution in [0.3, 0.4) is 0 Å². The summed E-state index contributed by atoms with van der Waals surface area (Å²) in [7, 11) is 0. The lowest BCUT2D eigenvalue weighted by Gasteiger charge is -2.21. The molecule has 0 aromatic heterocycles. The number of fused-ring (bicyclic) bond motifs is 1. The fourth-order valence-electron chi connectivity index (χ4n) is 3.23. The maximum absolute atomic E-state index is 12.7. The number of anilines is 1. The van der Waals surface area contributed by atoms with Crippen molar-refractivity contribution in [3.8, 4) is 11.5 Å². The number of benzene rings is 2. The van der Waals surface area contributed by atoms with E-state index in [1.807, 2.05) is 19.1 Å². The molecule has 144 valence electrons. The topological polar surface area (TPSA) is 97.0 Å². The van der Waals surface area contributed by atoms with E-state index >= 15 is 0 Å². The summed E-state index contributed by atoms with van der Waals surface area (Å²) in [5, 5.41) is 0. The predicted molar refractivity (Wildman–Crippen MR) is 100 cm³/mol. The van der Waals surface area contributed by atoms with Crippen LogP contribution < -0.4 is 25.2 Å². The molecule has 3 amide bonds. The molecule has 8 nitrogen and oxygen atoms in total. The molecule has 2 aliphatic heterocycles. The molecular formula is C20H19N3O5. The molecule has 2 heterocycles. The molecule has 0 aliphatic carbocycles. The molecule has 1 atom stereocenters. The van der Waals surface area contributed by atoms with Crippen molar-refractivity contribution in [3.63, 3.8) is 0 Å². The van der Waals surface area contributed by atoms with Crippen LogP contribution in [0.5, 0.6) is 11.5 Å². The van der Waals surface area contributed by atoms with Crippen molar-refractivity contribution in [3.05, 3.63) is 53.6 Å². The van der Waals surface area contributed by atoms with Gasteiger partial charge in [0.05, 0.1) is 12.1 Å². The fraction of sp³-hybridized carbons (Fsp3) is 0.250. The van der Waals surface area contributed by atoms with Crippen LogP contribution in [0.15, 0.2) is 42.5 Å². The highest BCUT2D eigenvalue weighted by atomic mass is 16.6. The zero-order valence-corrected chi connectivity index (χ0v) is 15.2. The molecular weight excluding hydrogens is 362 g/mol. The average molecular weight is 381 g/mol. The third-order valence-electron chi connectivity index (χ3n) is 4.68. The largest absolute Gasteiger partial charge is 0.486 e. The van der Waals surface area contributed by atoms with E-state index in [2.05, 4.69) is 10.9 Å². The SMILES string of the molecule is Cc1ccccc1C(=O)NN[C@@H]1CC(=O)N(c2ccc3c(c2)OCCO3)C1=O. The minimum atomic E-state index is -0.839. The molecule has 2 aromatic rings. The standard InChI is InChI=1S/C20H19N3O5/c1-12-4-2-3-5-14(12)19(25)22-21-15-11-18(24)23(20(15)26)13-6-7-16-17(10-13)28-9-8-27-16/h2-7,10,15,21H,8-9,11H2,1H3,(H,22,25)/t15-/m1/s1. The number of nitrogens with one attached hydrogen (secondary N) is 2. The number of aryl methyl sites for hydroxylation is 1. The highest BCUT2D eigenvalue weighted by molar-refractivity contribution is 6.22. The lowest BCUT2D eigenvalue weighted by Crippen LogP contribution is -2.48. The van der Waals surface area contributed by atoms with E-state index in [1.54, 1.807) is 30.3 Å². The first kappa shape index (κ1) is 18.0. The molecule has 2 N–H and O–H groups in total. The number of carbonyl (C=O) groups is 3. The molecule has 2 aromatic carbocycles. The van der Waals surface area contributed by atoms with Gasteiger partial charge in [-0.05, 0) is 30.7 Å². The van der Waals surface area contributed by atoms with Crippen molar-refractivity contribution < 1.29 is 23.9 Å². The van der Waals surface area contributed by atoms with E-state index in [1.165, 1.54) is 0 Å². The Kier molecular flexibility index (Phi) is 4.70. The summed E-state index contributed by atoms with van der Waals surface area (Å²) in [5.41, 5.74) is 6.92. The predicted octanol–water partition coefficient (Wildman–Crippen LogP) is 1.33. The molecule has 0 bridgehead atoms. The Bertz CT molecular complexity index is 959. The maximum Gasteiger partial charge on any atom is 0.265 e. The van der Waals surface area contributed by atoms with Crippen molar-refractivity contribution in [2.24, 2.45) is 0 Å². The first-order valence-corrected chi connectivity index (χ1v) is 8.92. The Hall–Kier alpha value is -3.39. The summed E-state index contributed by atoms with van der Waals surface area (Å²) in [4.78, 5) is 38.5. The zero-order valence-electron chi connectivity index (χ0n) is 15.2. The molecule has 2 aliphatic rings. The summed E-state index contributed by atoms with van der Waals surface area (Å²) < 4.78 is 11.0. The van der Waals surface area contributed by atoms with Crippen LogP contribution in [0.4, 0.5) is 5.69 Å². The summed E-state index contributed by atoms with van der Waals surface area (Å²) in [6, 6.07) is 11.2. The highest BCUT2D eigenvalue weighted by Crippen LogP contribution is 2.35. The van der Waals surface area contributed by atoms with Crippen molar-refractivity contribution in [1.29, 1.82) is 0 Å². The average Bonchev–Trinajstić information content (AvgIpc) is 2.99. The molecule has 1 saturated heterocycles. The summed E-state index contributed by atoms with van der Waals surface area (Å²) >= 11 is 0. The number of ether oxygens (including phenoxy) is 2. The van der Waals surface area contributed by atoms with Crippen LogP contribution in [0.25, 0.3) is 0 Å². The Morgan fingerprint density at radius 1 is 1.07 bits per heavy atom. The van der Waals surface area contributed by atoms with Gasteiger partial charge >= 0.3 is 0 Å². The second-order valence-electron chi connectivity index (χ2n) is 6.57. The molecule has 0 unspecified atom stereocenters. The Labute approximate surface area is 161 Å². The van der Waals surface area contributed by atoms with Crippen LogP contribution >= 0.6 is 0 Å². The van der Waals surface area contributed by atoms with E-state index in [-0.39, 0.29) is 18.2 Å². The van der Waals surface area contributed by atoms with Gasteiger partial charge in [-0.15, -0.1) is 0 Å². The van der Waals surface area contributed by atoms with E-state index in [0.29, 0.717) is 36.0 Å². The van der Waals surface area contributed by atoms with Gasteiger partial charge in [-0.3, -0.25) is 19.8 Å². The van der Waals surface area contributed by atoms with E-state index in [9.17, 15) is 14.4 Å². The molecule has 4 rings (SSSR count). The summed E-state index contributed by atoms with van der Waals surface area (Å²) in [6.45, 7) is 2.69. The number of rotatable bonds is 4. The molecule has 28 heavy (non-hydrogen) atoms. The summed E-state index contributed by atoms with van der Waals surface area (Å²) in [5.74, 6) is -0.0879. The van der Waals surface area contributed by atoms with Gasteiger partial charge in [0.2, 0.25) is 5.91 Å². The quantitative estimate of drug-likeness (QED) is 0.613. The minimum absolute atomic E-state index is 0.0542. The molecule has 1 fully saturated rings. The summed E-state index contributed by atoms with van der Waals surface area (Å²) in [6.07, 6.45) is -0.0542. The lowest BCUT2D eigenvalue weighted by molar-refractivity contribution is -0.121. The second-order valence-corrected chi connectivity index (χ2v) is 6.57. The number of hydrogen-bond donors (Lipinski definition) is 2. The maximum atomic E-state index is 12.7. The highest BCUT2D eigenvalue weighted by Gasteiger charge is 2.40. The molecule has 8 heteroatoms. The van der Waals surface area contributed by atoms with Gasteiger partial charge in [0, 0.05) is 11.6 Å². The van der Waals surface area contributed by atoms with E-state index < -0.39 is 11.9 Å². The zero-order chi connectivity index (χ0) is 19.7. The van der Waals surface area contributed by atoms with Gasteiger partial charge in [-0.25, -0.2) is 10.3 Å². The third-order valence-corrected chi connectivity index (χ3v) is 4.68. The van der Waals surface area contributed by atoms with Crippen LogP contribution in [0.1, 0.15) is 22.3 Å². The van der Waals surface area contributed by atoms with Gasteiger partial charge in [0.15, 0.2) is 11.5 Å². The second kappa shape index (κ2) is 7.32. The number of nitrogens with zero attached hydrogens (tertiary/aromatic N) is 1. The van der Waals surface area contributed by atoms with Crippen molar-refractivity contribution >= 4 is 23.4 Å². The first-order valence-electron chi connectivity index (χ1n) is 8.92. The molecule has 0 saturated carbocycles. The lowest BCUT2D eigenvalue weighted by atomic mass is 10.1. The van der Waals surface area contributed by atoms with Crippen LogP contribution in [-0.4, -0.2) is 37.0 Å². The number of amides is 3. The Morgan fingerprint density at radius 3 is 2.61 bits per heavy atom. The van der Waals surface area contributed by atoms with Crippen molar-refractivity contribution in [2.75, 3.05) is 18.1 Å². The molecule has 0 radical (unpaired) electrons. The Morgan fingerprint density at radius 2 is 1.82 bits per heavy atom. The fourth-order valence-corrected chi connectivity index (χ4v) is 3.23. The van der Waals surface area contributed by atoms with Gasteiger partial charge in [0.25, 0.3) is 11.8 Å². The number of imide groups is 1. The van der Waals surface area contributed by atoms with Gasteiger partial charge in [-0.2, -0.15) is 0 Å². The normalized spacial score (nSPS) is 18.3. The number of carbonyl (C=O) groups excluding carboxylic acids is 3. The van der Waals surface area contributed by atoms with Crippen molar-refractivity contribution in [2.45, 2.75) is 19.4 Å². The van der Waals surface area contributed by atoms with Gasteiger partial charge in [0.1, 0.15) is 19.3 Å².